The molecular weight excluding hydrogens is 453 g/mol. The third kappa shape index (κ3) is 5.81. The Morgan fingerprint density at radius 3 is 2.11 bits per heavy atom. The number of benzene rings is 3. The molecule has 0 bridgehead atoms. The smallest absolute Gasteiger partial charge is 0.200 e. The minimum Gasteiger partial charge on any atom is -0.491 e. The monoisotopic (exact) mass is 484 g/mol. The van der Waals surface area contributed by atoms with E-state index in [1.165, 1.54) is 12.1 Å². The second-order valence-corrected chi connectivity index (χ2v) is 9.20. The minimum absolute atomic E-state index is 0.0477. The van der Waals surface area contributed by atoms with Gasteiger partial charge in [-0.2, -0.15) is 4.39 Å². The van der Waals surface area contributed by atoms with Crippen LogP contribution >= 0.6 is 0 Å². The van der Waals surface area contributed by atoms with Crippen LogP contribution in [0.25, 0.3) is 11.1 Å². The SMILES string of the molecule is CCOc1ccc(-c2ccc(COc3ccc(C4CCC(C(C)O)CC4)c(F)c3F)cc2)cc1F. The highest BCUT2D eigenvalue weighted by atomic mass is 19.2. The summed E-state index contributed by atoms with van der Waals surface area (Å²) < 4.78 is 54.6. The van der Waals surface area contributed by atoms with Crippen LogP contribution < -0.4 is 9.47 Å². The summed E-state index contributed by atoms with van der Waals surface area (Å²) in [6.45, 7) is 4.05. The van der Waals surface area contributed by atoms with Gasteiger partial charge in [-0.25, -0.2) is 8.78 Å². The van der Waals surface area contributed by atoms with E-state index in [2.05, 4.69) is 0 Å². The summed E-state index contributed by atoms with van der Waals surface area (Å²) in [6, 6.07) is 15.2. The lowest BCUT2D eigenvalue weighted by atomic mass is 9.77. The summed E-state index contributed by atoms with van der Waals surface area (Å²) in [5.74, 6) is -1.98. The Kier molecular flexibility index (Phi) is 8.01. The van der Waals surface area contributed by atoms with Gasteiger partial charge in [0, 0.05) is 0 Å². The molecule has 6 heteroatoms. The normalized spacial score (nSPS) is 18.8. The molecule has 1 N–H and O–H groups in total. The second-order valence-electron chi connectivity index (χ2n) is 9.20. The third-order valence-corrected chi connectivity index (χ3v) is 6.88. The summed E-state index contributed by atoms with van der Waals surface area (Å²) in [7, 11) is 0. The van der Waals surface area contributed by atoms with Crippen molar-refractivity contribution in [1.29, 1.82) is 0 Å². The van der Waals surface area contributed by atoms with E-state index in [-0.39, 0.29) is 36.0 Å². The van der Waals surface area contributed by atoms with E-state index in [1.54, 1.807) is 32.0 Å². The van der Waals surface area contributed by atoms with Crippen LogP contribution in [0.15, 0.2) is 54.6 Å². The molecule has 0 amide bonds. The predicted octanol–water partition coefficient (Wildman–Crippen LogP) is 7.40. The molecular formula is C29H31F3O3. The Balaban J connectivity index is 1.39. The van der Waals surface area contributed by atoms with E-state index in [0.717, 1.165) is 36.8 Å². The maximum absolute atomic E-state index is 14.8. The van der Waals surface area contributed by atoms with Crippen LogP contribution in [0.1, 0.15) is 56.6 Å². The first-order valence-electron chi connectivity index (χ1n) is 12.2. The van der Waals surface area contributed by atoms with Crippen molar-refractivity contribution in [3.8, 4) is 22.6 Å². The van der Waals surface area contributed by atoms with E-state index in [4.69, 9.17) is 9.47 Å². The maximum Gasteiger partial charge on any atom is 0.200 e. The van der Waals surface area contributed by atoms with Gasteiger partial charge in [0.1, 0.15) is 6.61 Å². The Labute approximate surface area is 204 Å². The number of hydrogen-bond acceptors (Lipinski definition) is 3. The standard InChI is InChI=1S/C29H31F3O3/c1-3-34-26-14-12-23(16-25(26)30)21-6-4-19(5-7-21)17-35-27-15-13-24(28(31)29(27)32)22-10-8-20(9-11-22)18(2)33/h4-7,12-16,18,20,22,33H,3,8-11,17H2,1-2H3. The molecule has 0 aliphatic heterocycles. The molecule has 35 heavy (non-hydrogen) atoms. The van der Waals surface area contributed by atoms with Crippen molar-refractivity contribution in [3.63, 3.8) is 0 Å². The summed E-state index contributed by atoms with van der Waals surface area (Å²) >= 11 is 0. The van der Waals surface area contributed by atoms with Crippen molar-refractivity contribution >= 4 is 0 Å². The zero-order chi connectivity index (χ0) is 24.9. The first kappa shape index (κ1) is 25.1. The zero-order valence-corrected chi connectivity index (χ0v) is 20.1. The van der Waals surface area contributed by atoms with E-state index in [1.807, 2.05) is 24.3 Å². The van der Waals surface area contributed by atoms with E-state index < -0.39 is 17.5 Å². The van der Waals surface area contributed by atoms with Gasteiger partial charge in [0.25, 0.3) is 0 Å². The number of aliphatic hydroxyl groups is 1. The average Bonchev–Trinajstić information content (AvgIpc) is 2.87. The fourth-order valence-corrected chi connectivity index (χ4v) is 4.79. The third-order valence-electron chi connectivity index (χ3n) is 6.88. The van der Waals surface area contributed by atoms with Gasteiger partial charge in [-0.15, -0.1) is 0 Å². The van der Waals surface area contributed by atoms with Crippen molar-refractivity contribution < 1.29 is 27.8 Å². The molecule has 1 fully saturated rings. The quantitative estimate of drug-likeness (QED) is 0.362. The first-order chi connectivity index (χ1) is 16.9. The van der Waals surface area contributed by atoms with Crippen LogP contribution in [0.4, 0.5) is 13.2 Å². The van der Waals surface area contributed by atoms with E-state index >= 15 is 0 Å². The molecule has 0 saturated heterocycles. The molecule has 0 heterocycles. The van der Waals surface area contributed by atoms with Crippen LogP contribution in [-0.4, -0.2) is 17.8 Å². The van der Waals surface area contributed by atoms with Gasteiger partial charge in [-0.05, 0) is 91.8 Å². The highest BCUT2D eigenvalue weighted by Gasteiger charge is 2.28. The van der Waals surface area contributed by atoms with Crippen molar-refractivity contribution in [2.75, 3.05) is 6.61 Å². The average molecular weight is 485 g/mol. The first-order valence-corrected chi connectivity index (χ1v) is 12.2. The summed E-state index contributed by atoms with van der Waals surface area (Å²) in [4.78, 5) is 0. The summed E-state index contributed by atoms with van der Waals surface area (Å²) in [5, 5.41) is 9.76. The number of hydrogen-bond donors (Lipinski definition) is 1. The Morgan fingerprint density at radius 2 is 1.49 bits per heavy atom. The maximum atomic E-state index is 14.8. The largest absolute Gasteiger partial charge is 0.491 e. The number of halogens is 3. The van der Waals surface area contributed by atoms with Gasteiger partial charge >= 0.3 is 0 Å². The molecule has 1 unspecified atom stereocenters. The van der Waals surface area contributed by atoms with Crippen LogP contribution in [-0.2, 0) is 6.61 Å². The topological polar surface area (TPSA) is 38.7 Å². The van der Waals surface area contributed by atoms with Crippen LogP contribution in [0, 0.1) is 23.4 Å². The van der Waals surface area contributed by atoms with Gasteiger partial charge in [-0.3, -0.25) is 0 Å². The molecule has 0 aromatic heterocycles. The molecule has 3 nitrogen and oxygen atoms in total. The fourth-order valence-electron chi connectivity index (χ4n) is 4.79. The Bertz CT molecular complexity index is 1140. The summed E-state index contributed by atoms with van der Waals surface area (Å²) in [5.41, 5.74) is 2.69. The van der Waals surface area contributed by atoms with E-state index in [9.17, 15) is 18.3 Å². The van der Waals surface area contributed by atoms with Gasteiger partial charge in [0.2, 0.25) is 5.82 Å². The second kappa shape index (κ2) is 11.2. The molecule has 0 spiro atoms. The minimum atomic E-state index is -0.971. The molecule has 1 aliphatic rings. The molecule has 3 aromatic carbocycles. The molecule has 186 valence electrons. The van der Waals surface area contributed by atoms with Crippen LogP contribution in [0.3, 0.4) is 0 Å². The molecule has 1 atom stereocenters. The number of aliphatic hydroxyl groups excluding tert-OH is 1. The fraction of sp³-hybridized carbons (Fsp3) is 0.379. The molecule has 0 radical (unpaired) electrons. The lowest BCUT2D eigenvalue weighted by Crippen LogP contribution is -2.23. The van der Waals surface area contributed by atoms with Crippen molar-refractivity contribution in [3.05, 3.63) is 83.2 Å². The van der Waals surface area contributed by atoms with Gasteiger partial charge in [0.15, 0.2) is 23.1 Å². The summed E-state index contributed by atoms with van der Waals surface area (Å²) in [6.07, 6.45) is 2.71. The lowest BCUT2D eigenvalue weighted by Gasteiger charge is -2.30. The van der Waals surface area contributed by atoms with Gasteiger partial charge < -0.3 is 14.6 Å². The highest BCUT2D eigenvalue weighted by Crippen LogP contribution is 2.39. The van der Waals surface area contributed by atoms with Crippen molar-refractivity contribution in [2.45, 2.75) is 58.2 Å². The highest BCUT2D eigenvalue weighted by molar-refractivity contribution is 5.64. The van der Waals surface area contributed by atoms with Crippen LogP contribution in [0.5, 0.6) is 11.5 Å². The molecule has 1 saturated carbocycles. The number of ether oxygens (including phenoxy) is 2. The van der Waals surface area contributed by atoms with Crippen molar-refractivity contribution in [1.82, 2.24) is 0 Å². The van der Waals surface area contributed by atoms with E-state index in [0.29, 0.717) is 17.7 Å². The van der Waals surface area contributed by atoms with Crippen LogP contribution in [0.2, 0.25) is 0 Å². The Hall–Kier alpha value is -2.99. The van der Waals surface area contributed by atoms with Crippen molar-refractivity contribution in [2.24, 2.45) is 5.92 Å². The lowest BCUT2D eigenvalue weighted by molar-refractivity contribution is 0.0963. The van der Waals surface area contributed by atoms with Gasteiger partial charge in [0.05, 0.1) is 12.7 Å². The Morgan fingerprint density at radius 1 is 0.829 bits per heavy atom. The number of rotatable bonds is 8. The molecule has 3 aromatic rings. The zero-order valence-electron chi connectivity index (χ0n) is 20.1. The predicted molar refractivity (Wildman–Crippen MR) is 130 cm³/mol. The molecule has 4 rings (SSSR count). The van der Waals surface area contributed by atoms with Gasteiger partial charge in [-0.1, -0.05) is 36.4 Å². The molecule has 1 aliphatic carbocycles.